The molecule has 1 saturated heterocycles. The molecular formula is C25H26N2O3S. The molecule has 3 aromatic carbocycles. The number of anilines is 1. The van der Waals surface area contributed by atoms with E-state index in [0.717, 1.165) is 39.9 Å². The predicted octanol–water partition coefficient (Wildman–Crippen LogP) is 5.06. The van der Waals surface area contributed by atoms with Crippen molar-refractivity contribution in [1.82, 2.24) is 4.90 Å². The zero-order valence-corrected chi connectivity index (χ0v) is 18.6. The molecule has 1 heterocycles. The Hall–Kier alpha value is -2.99. The average Bonchev–Trinajstić information content (AvgIpc) is 2.83. The van der Waals surface area contributed by atoms with Gasteiger partial charge in [0, 0.05) is 34.6 Å². The van der Waals surface area contributed by atoms with E-state index in [1.165, 1.54) is 0 Å². The minimum absolute atomic E-state index is 0.0321. The highest BCUT2D eigenvalue weighted by molar-refractivity contribution is 7.98. The minimum Gasteiger partial charge on any atom is -0.496 e. The van der Waals surface area contributed by atoms with Gasteiger partial charge in [-0.25, -0.2) is 0 Å². The maximum absolute atomic E-state index is 13.4. The van der Waals surface area contributed by atoms with Crippen LogP contribution in [-0.4, -0.2) is 43.2 Å². The summed E-state index contributed by atoms with van der Waals surface area (Å²) in [6.07, 6.45) is 3.60. The molecule has 4 rings (SSSR count). The zero-order valence-electron chi connectivity index (χ0n) is 17.8. The van der Waals surface area contributed by atoms with Crippen LogP contribution >= 0.6 is 11.8 Å². The largest absolute Gasteiger partial charge is 0.496 e. The third-order valence-corrected chi connectivity index (χ3v) is 6.48. The molecule has 2 amide bonds. The van der Waals surface area contributed by atoms with Gasteiger partial charge in [-0.3, -0.25) is 9.59 Å². The van der Waals surface area contributed by atoms with E-state index >= 15 is 0 Å². The molecule has 1 N–H and O–H groups in total. The normalized spacial score (nSPS) is 16.2. The summed E-state index contributed by atoms with van der Waals surface area (Å²) >= 11 is 1.64. The second-order valence-electron chi connectivity index (χ2n) is 7.67. The summed E-state index contributed by atoms with van der Waals surface area (Å²) in [4.78, 5) is 29.2. The van der Waals surface area contributed by atoms with E-state index in [1.807, 2.05) is 66.9 Å². The molecule has 0 spiro atoms. The number of likely N-dealkylation sites (tertiary alicyclic amines) is 1. The number of carbonyl (C=O) groups excluding carboxylic acids is 2. The van der Waals surface area contributed by atoms with Crippen LogP contribution in [0.3, 0.4) is 0 Å². The van der Waals surface area contributed by atoms with Gasteiger partial charge in [0.25, 0.3) is 5.91 Å². The fourth-order valence-electron chi connectivity index (χ4n) is 4.13. The molecule has 1 aliphatic heterocycles. The van der Waals surface area contributed by atoms with Crippen molar-refractivity contribution in [3.05, 3.63) is 66.2 Å². The Morgan fingerprint density at radius 2 is 1.87 bits per heavy atom. The van der Waals surface area contributed by atoms with Crippen LogP contribution in [0, 0.1) is 5.92 Å². The van der Waals surface area contributed by atoms with Crippen LogP contribution in [0.5, 0.6) is 5.75 Å². The van der Waals surface area contributed by atoms with Crippen molar-refractivity contribution in [1.29, 1.82) is 0 Å². The van der Waals surface area contributed by atoms with Crippen LogP contribution in [0.15, 0.2) is 65.6 Å². The summed E-state index contributed by atoms with van der Waals surface area (Å²) < 4.78 is 5.45. The maximum Gasteiger partial charge on any atom is 0.254 e. The number of amides is 2. The monoisotopic (exact) mass is 434 g/mol. The van der Waals surface area contributed by atoms with Crippen molar-refractivity contribution in [2.75, 3.05) is 31.8 Å². The van der Waals surface area contributed by atoms with E-state index < -0.39 is 0 Å². The van der Waals surface area contributed by atoms with Crippen molar-refractivity contribution in [3.63, 3.8) is 0 Å². The third-order valence-electron chi connectivity index (χ3n) is 5.75. The Morgan fingerprint density at radius 1 is 1.06 bits per heavy atom. The minimum atomic E-state index is -0.222. The topological polar surface area (TPSA) is 58.6 Å². The van der Waals surface area contributed by atoms with Crippen LogP contribution in [0.25, 0.3) is 10.8 Å². The van der Waals surface area contributed by atoms with Crippen molar-refractivity contribution in [3.8, 4) is 5.75 Å². The number of carbonyl (C=O) groups is 2. The van der Waals surface area contributed by atoms with Gasteiger partial charge in [-0.1, -0.05) is 30.3 Å². The fraction of sp³-hybridized carbons (Fsp3) is 0.280. The lowest BCUT2D eigenvalue weighted by Crippen LogP contribution is -2.43. The number of benzene rings is 3. The number of hydrogen-bond donors (Lipinski definition) is 1. The third kappa shape index (κ3) is 4.54. The summed E-state index contributed by atoms with van der Waals surface area (Å²) in [5.41, 5.74) is 1.44. The molecule has 0 aliphatic carbocycles. The van der Waals surface area contributed by atoms with Crippen molar-refractivity contribution >= 4 is 40.0 Å². The number of nitrogens with zero attached hydrogens (tertiary/aromatic N) is 1. The highest BCUT2D eigenvalue weighted by Crippen LogP contribution is 2.30. The number of hydrogen-bond acceptors (Lipinski definition) is 4. The van der Waals surface area contributed by atoms with Crippen LogP contribution in [0.2, 0.25) is 0 Å². The first kappa shape index (κ1) is 21.2. The highest BCUT2D eigenvalue weighted by atomic mass is 32.2. The molecular weight excluding hydrogens is 408 g/mol. The van der Waals surface area contributed by atoms with E-state index in [-0.39, 0.29) is 17.7 Å². The number of piperidine rings is 1. The Balaban J connectivity index is 1.51. The SMILES string of the molecule is COc1ccc(C(=O)N2CCC[C@@H](C(=O)Nc3cccc(SC)c3)C2)c2ccccc12. The molecule has 0 radical (unpaired) electrons. The lowest BCUT2D eigenvalue weighted by Gasteiger charge is -2.32. The number of rotatable bonds is 5. The molecule has 1 atom stereocenters. The van der Waals surface area contributed by atoms with E-state index in [4.69, 9.17) is 4.74 Å². The number of thioether (sulfide) groups is 1. The van der Waals surface area contributed by atoms with Crippen LogP contribution in [0.4, 0.5) is 5.69 Å². The quantitative estimate of drug-likeness (QED) is 0.570. The lowest BCUT2D eigenvalue weighted by molar-refractivity contribution is -0.121. The van der Waals surface area contributed by atoms with Crippen molar-refractivity contribution in [2.45, 2.75) is 17.7 Å². The molecule has 0 unspecified atom stereocenters. The van der Waals surface area contributed by atoms with Gasteiger partial charge in [0.05, 0.1) is 13.0 Å². The van der Waals surface area contributed by atoms with Gasteiger partial charge in [0.15, 0.2) is 0 Å². The molecule has 1 fully saturated rings. The smallest absolute Gasteiger partial charge is 0.254 e. The Bertz CT molecular complexity index is 1110. The Kier molecular flexibility index (Phi) is 6.47. The molecule has 0 saturated carbocycles. The predicted molar refractivity (Wildman–Crippen MR) is 126 cm³/mol. The fourth-order valence-corrected chi connectivity index (χ4v) is 4.59. The second-order valence-corrected chi connectivity index (χ2v) is 8.55. The standard InChI is InChI=1S/C25H26N2O3S/c1-30-23-13-12-22(20-10-3-4-11-21(20)23)25(29)27-14-6-7-17(16-27)24(28)26-18-8-5-9-19(15-18)31-2/h3-5,8-13,15,17H,6-7,14,16H2,1-2H3,(H,26,28)/t17-/m1/s1. The van der Waals surface area contributed by atoms with Gasteiger partial charge in [-0.05, 0) is 54.8 Å². The molecule has 1 aliphatic rings. The van der Waals surface area contributed by atoms with Gasteiger partial charge in [-0.2, -0.15) is 0 Å². The first-order valence-electron chi connectivity index (χ1n) is 10.4. The Morgan fingerprint density at radius 3 is 2.65 bits per heavy atom. The Labute approximate surface area is 186 Å². The summed E-state index contributed by atoms with van der Waals surface area (Å²) in [6, 6.07) is 19.2. The van der Waals surface area contributed by atoms with Crippen molar-refractivity contribution < 1.29 is 14.3 Å². The summed E-state index contributed by atoms with van der Waals surface area (Å²) in [7, 11) is 1.63. The molecule has 0 bridgehead atoms. The van der Waals surface area contributed by atoms with Gasteiger partial charge in [0.1, 0.15) is 5.75 Å². The number of nitrogens with one attached hydrogen (secondary N) is 1. The average molecular weight is 435 g/mol. The van der Waals surface area contributed by atoms with Gasteiger partial charge in [0.2, 0.25) is 5.91 Å². The summed E-state index contributed by atoms with van der Waals surface area (Å²) in [6.45, 7) is 1.08. The van der Waals surface area contributed by atoms with Crippen LogP contribution in [-0.2, 0) is 4.79 Å². The molecule has 0 aromatic heterocycles. The van der Waals surface area contributed by atoms with Crippen molar-refractivity contribution in [2.24, 2.45) is 5.92 Å². The number of fused-ring (bicyclic) bond motifs is 1. The van der Waals surface area contributed by atoms with Gasteiger partial charge < -0.3 is 15.0 Å². The highest BCUT2D eigenvalue weighted by Gasteiger charge is 2.29. The molecule has 6 heteroatoms. The van der Waals surface area contributed by atoms with E-state index in [1.54, 1.807) is 23.8 Å². The van der Waals surface area contributed by atoms with Gasteiger partial charge >= 0.3 is 0 Å². The maximum atomic E-state index is 13.4. The number of methoxy groups -OCH3 is 1. The summed E-state index contributed by atoms with van der Waals surface area (Å²) in [5, 5.41) is 4.80. The number of ether oxygens (including phenoxy) is 1. The van der Waals surface area contributed by atoms with E-state index in [9.17, 15) is 9.59 Å². The molecule has 3 aromatic rings. The van der Waals surface area contributed by atoms with Crippen LogP contribution in [0.1, 0.15) is 23.2 Å². The molecule has 160 valence electrons. The van der Waals surface area contributed by atoms with Gasteiger partial charge in [-0.15, -0.1) is 11.8 Å². The van der Waals surface area contributed by atoms with E-state index in [0.29, 0.717) is 18.7 Å². The van der Waals surface area contributed by atoms with Crippen LogP contribution < -0.4 is 10.1 Å². The first-order valence-corrected chi connectivity index (χ1v) is 11.6. The lowest BCUT2D eigenvalue weighted by atomic mass is 9.95. The summed E-state index contributed by atoms with van der Waals surface area (Å²) in [5.74, 6) is 0.451. The second kappa shape index (κ2) is 9.43. The zero-order chi connectivity index (χ0) is 21.8. The van der Waals surface area contributed by atoms with E-state index in [2.05, 4.69) is 5.32 Å². The molecule has 5 nitrogen and oxygen atoms in total. The first-order chi connectivity index (χ1) is 15.1. The molecule has 31 heavy (non-hydrogen) atoms.